The number of nitro benzene ring substituents is 2. The molecule has 9 nitrogen and oxygen atoms in total. The molecule has 0 bridgehead atoms. The summed E-state index contributed by atoms with van der Waals surface area (Å²) in [6, 6.07) is 7.64. The lowest BCUT2D eigenvalue weighted by molar-refractivity contribution is -0.396. The second-order valence-electron chi connectivity index (χ2n) is 4.35. The number of ether oxygens (including phenoxy) is 1. The minimum absolute atomic E-state index is 0.185. The minimum Gasteiger partial charge on any atom is -0.497 e. The summed E-state index contributed by atoms with van der Waals surface area (Å²) >= 11 is 0. The van der Waals surface area contributed by atoms with E-state index < -0.39 is 36.0 Å². The van der Waals surface area contributed by atoms with E-state index in [0.29, 0.717) is 11.8 Å². The third-order valence-corrected chi connectivity index (χ3v) is 4.83. The fraction of sp³-hybridized carbons (Fsp3) is 0.0769. The molecule has 2 aromatic rings. The first-order valence-corrected chi connectivity index (χ1v) is 7.57. The van der Waals surface area contributed by atoms with Crippen LogP contribution in [-0.4, -0.2) is 25.4 Å². The molecule has 0 spiro atoms. The van der Waals surface area contributed by atoms with Gasteiger partial charge in [-0.15, -0.1) is 0 Å². The smallest absolute Gasteiger partial charge is 0.295 e. The van der Waals surface area contributed by atoms with Crippen LogP contribution < -0.4 is 4.74 Å². The van der Waals surface area contributed by atoms with E-state index in [1.54, 1.807) is 0 Å². The molecule has 0 saturated carbocycles. The second-order valence-corrected chi connectivity index (χ2v) is 6.26. The highest BCUT2D eigenvalue weighted by Gasteiger charge is 2.29. The third kappa shape index (κ3) is 3.11. The van der Waals surface area contributed by atoms with Gasteiger partial charge < -0.3 is 4.74 Å². The maximum Gasteiger partial charge on any atom is 0.295 e. The van der Waals surface area contributed by atoms with Gasteiger partial charge in [-0.2, -0.15) is 0 Å². The first kappa shape index (κ1) is 16.4. The van der Waals surface area contributed by atoms with Crippen LogP contribution in [0.5, 0.6) is 5.75 Å². The van der Waals surface area contributed by atoms with E-state index in [2.05, 4.69) is 0 Å². The van der Waals surface area contributed by atoms with Crippen molar-refractivity contribution in [3.8, 4) is 5.75 Å². The lowest BCUT2D eigenvalue weighted by atomic mass is 10.3. The van der Waals surface area contributed by atoms with Crippen LogP contribution >= 0.6 is 0 Å². The van der Waals surface area contributed by atoms with Crippen molar-refractivity contribution >= 4 is 21.2 Å². The van der Waals surface area contributed by atoms with Gasteiger partial charge in [0.05, 0.1) is 27.9 Å². The van der Waals surface area contributed by atoms with Crippen LogP contribution in [-0.2, 0) is 9.84 Å². The Bertz CT molecular complexity index is 876. The van der Waals surface area contributed by atoms with Crippen molar-refractivity contribution in [1.29, 1.82) is 0 Å². The van der Waals surface area contributed by atoms with Gasteiger partial charge in [-0.05, 0) is 30.3 Å². The zero-order chi connectivity index (χ0) is 17.2. The van der Waals surface area contributed by atoms with Crippen LogP contribution in [0.4, 0.5) is 11.4 Å². The van der Waals surface area contributed by atoms with Crippen molar-refractivity contribution in [2.24, 2.45) is 0 Å². The van der Waals surface area contributed by atoms with E-state index in [9.17, 15) is 28.6 Å². The number of hydrogen-bond acceptors (Lipinski definition) is 7. The first-order chi connectivity index (χ1) is 10.8. The number of nitro groups is 2. The Balaban J connectivity index is 2.62. The Morgan fingerprint density at radius 3 is 2.04 bits per heavy atom. The second kappa shape index (κ2) is 6.01. The van der Waals surface area contributed by atoms with Crippen molar-refractivity contribution in [3.05, 3.63) is 62.7 Å². The fourth-order valence-electron chi connectivity index (χ4n) is 1.87. The molecule has 0 N–H and O–H groups in total. The molecule has 0 amide bonds. The van der Waals surface area contributed by atoms with Crippen LogP contribution in [0.25, 0.3) is 0 Å². The molecular weight excluding hydrogens is 328 g/mol. The molecule has 0 aliphatic carbocycles. The van der Waals surface area contributed by atoms with E-state index in [-0.39, 0.29) is 4.90 Å². The van der Waals surface area contributed by atoms with Gasteiger partial charge in [-0.25, -0.2) is 8.42 Å². The predicted octanol–water partition coefficient (Wildman–Crippen LogP) is 2.34. The lowest BCUT2D eigenvalue weighted by Gasteiger charge is -2.06. The van der Waals surface area contributed by atoms with E-state index in [0.717, 1.165) is 12.1 Å². The molecule has 0 atom stereocenters. The van der Waals surface area contributed by atoms with Gasteiger partial charge in [-0.3, -0.25) is 20.2 Å². The van der Waals surface area contributed by atoms with Gasteiger partial charge in [0.25, 0.3) is 11.4 Å². The summed E-state index contributed by atoms with van der Waals surface area (Å²) in [4.78, 5) is 19.2. The van der Waals surface area contributed by atoms with Gasteiger partial charge in [0.2, 0.25) is 9.84 Å². The van der Waals surface area contributed by atoms with Crippen LogP contribution in [0.15, 0.2) is 52.3 Å². The van der Waals surface area contributed by atoms with Crippen molar-refractivity contribution < 1.29 is 23.0 Å². The largest absolute Gasteiger partial charge is 0.497 e. The predicted molar refractivity (Wildman–Crippen MR) is 78.2 cm³/mol. The number of benzene rings is 2. The number of non-ortho nitro benzene ring substituents is 1. The molecule has 0 heterocycles. The standard InChI is InChI=1S/C13H10N2O7S/c1-22-10-3-5-11(6-4-10)23(20,21)13-7-2-9(14(16)17)8-12(13)15(18)19/h2-8H,1H3. The van der Waals surface area contributed by atoms with Crippen molar-refractivity contribution in [2.75, 3.05) is 7.11 Å². The highest BCUT2D eigenvalue weighted by Crippen LogP contribution is 2.32. The van der Waals surface area contributed by atoms with E-state index >= 15 is 0 Å². The quantitative estimate of drug-likeness (QED) is 0.604. The zero-order valence-electron chi connectivity index (χ0n) is 11.7. The molecule has 10 heteroatoms. The van der Waals surface area contributed by atoms with E-state index in [1.165, 1.54) is 31.4 Å². The van der Waals surface area contributed by atoms with Gasteiger partial charge in [0, 0.05) is 6.07 Å². The molecular formula is C13H10N2O7S. The molecule has 0 saturated heterocycles. The fourth-order valence-corrected chi connectivity index (χ4v) is 3.28. The highest BCUT2D eigenvalue weighted by molar-refractivity contribution is 7.91. The van der Waals surface area contributed by atoms with Crippen molar-refractivity contribution in [1.82, 2.24) is 0 Å². The van der Waals surface area contributed by atoms with E-state index in [1.807, 2.05) is 0 Å². The molecule has 2 rings (SSSR count). The van der Waals surface area contributed by atoms with Crippen LogP contribution in [0.1, 0.15) is 0 Å². The van der Waals surface area contributed by atoms with Crippen LogP contribution in [0.2, 0.25) is 0 Å². The monoisotopic (exact) mass is 338 g/mol. The average molecular weight is 338 g/mol. The number of rotatable bonds is 5. The molecule has 0 aliphatic rings. The Morgan fingerprint density at radius 1 is 0.957 bits per heavy atom. The summed E-state index contributed by atoms with van der Waals surface area (Å²) in [5.74, 6) is 0.419. The average Bonchev–Trinajstić information content (AvgIpc) is 2.54. The molecule has 0 fully saturated rings. The van der Waals surface area contributed by atoms with Gasteiger partial charge in [0.15, 0.2) is 0 Å². The Morgan fingerprint density at radius 2 is 1.57 bits per heavy atom. The Labute approximate surface area is 130 Å². The maximum absolute atomic E-state index is 12.5. The minimum atomic E-state index is -4.20. The topological polar surface area (TPSA) is 130 Å². The summed E-state index contributed by atoms with van der Waals surface area (Å²) in [6.45, 7) is 0. The lowest BCUT2D eigenvalue weighted by Crippen LogP contribution is -2.06. The Kier molecular flexibility index (Phi) is 4.27. The summed E-state index contributed by atoms with van der Waals surface area (Å²) in [7, 11) is -2.79. The Hall–Kier alpha value is -3.01. The maximum atomic E-state index is 12.5. The van der Waals surface area contributed by atoms with Crippen molar-refractivity contribution in [3.63, 3.8) is 0 Å². The summed E-state index contributed by atoms with van der Waals surface area (Å²) in [5, 5.41) is 21.8. The van der Waals surface area contributed by atoms with Gasteiger partial charge in [-0.1, -0.05) is 0 Å². The van der Waals surface area contributed by atoms with Crippen LogP contribution in [0, 0.1) is 20.2 Å². The summed E-state index contributed by atoms with van der Waals surface area (Å²) < 4.78 is 30.0. The summed E-state index contributed by atoms with van der Waals surface area (Å²) in [6.07, 6.45) is 0. The molecule has 120 valence electrons. The van der Waals surface area contributed by atoms with Gasteiger partial charge >= 0.3 is 0 Å². The third-order valence-electron chi connectivity index (χ3n) is 3.01. The number of methoxy groups -OCH3 is 1. The number of sulfone groups is 1. The normalized spacial score (nSPS) is 11.0. The van der Waals surface area contributed by atoms with Crippen molar-refractivity contribution in [2.45, 2.75) is 9.79 Å². The van der Waals surface area contributed by atoms with E-state index in [4.69, 9.17) is 4.74 Å². The van der Waals surface area contributed by atoms with Gasteiger partial charge in [0.1, 0.15) is 10.6 Å². The molecule has 0 radical (unpaired) electrons. The molecule has 0 unspecified atom stereocenters. The highest BCUT2D eigenvalue weighted by atomic mass is 32.2. The molecule has 0 aliphatic heterocycles. The molecule has 23 heavy (non-hydrogen) atoms. The van der Waals surface area contributed by atoms with Crippen LogP contribution in [0.3, 0.4) is 0 Å². The zero-order valence-corrected chi connectivity index (χ0v) is 12.5. The number of nitrogens with zero attached hydrogens (tertiary/aromatic N) is 2. The first-order valence-electron chi connectivity index (χ1n) is 6.09. The summed E-state index contributed by atoms with van der Waals surface area (Å²) in [5.41, 5.74) is -1.42. The molecule has 2 aromatic carbocycles. The SMILES string of the molecule is COc1ccc(S(=O)(=O)c2ccc([N+](=O)[O-])cc2[N+](=O)[O-])cc1. The molecule has 0 aromatic heterocycles. The number of hydrogen-bond donors (Lipinski definition) is 0.